The van der Waals surface area contributed by atoms with Crippen LogP contribution in [0.4, 0.5) is 0 Å². The summed E-state index contributed by atoms with van der Waals surface area (Å²) in [4.78, 5) is 0. The fraction of sp³-hybridized carbons (Fsp3) is 0.357. The summed E-state index contributed by atoms with van der Waals surface area (Å²) in [5.74, 6) is 0. The molecule has 0 aliphatic heterocycles. The highest BCUT2D eigenvalue weighted by Crippen LogP contribution is 2.22. The van der Waals surface area contributed by atoms with Gasteiger partial charge in [-0.3, -0.25) is 4.68 Å². The van der Waals surface area contributed by atoms with E-state index in [1.807, 2.05) is 43.9 Å². The zero-order chi connectivity index (χ0) is 13.1. The van der Waals surface area contributed by atoms with E-state index in [-0.39, 0.29) is 6.04 Å². The van der Waals surface area contributed by atoms with Crippen molar-refractivity contribution in [3.8, 4) is 0 Å². The predicted octanol–water partition coefficient (Wildman–Crippen LogP) is 2.89. The number of halogens is 1. The number of rotatable bonds is 4. The topological polar surface area (TPSA) is 29.9 Å². The Bertz CT molecular complexity index is 534. The van der Waals surface area contributed by atoms with Crippen LogP contribution in [0.15, 0.2) is 30.5 Å². The fourth-order valence-corrected chi connectivity index (χ4v) is 2.44. The van der Waals surface area contributed by atoms with Gasteiger partial charge in [0.15, 0.2) is 0 Å². The van der Waals surface area contributed by atoms with Crippen LogP contribution in [0, 0.1) is 6.92 Å². The van der Waals surface area contributed by atoms with Gasteiger partial charge in [0.1, 0.15) is 0 Å². The number of likely N-dealkylation sites (N-methyl/N-ethyl adjacent to an activating group) is 1. The molecule has 96 valence electrons. The Morgan fingerprint density at radius 3 is 2.78 bits per heavy atom. The van der Waals surface area contributed by atoms with E-state index in [1.165, 1.54) is 11.1 Å². The molecule has 0 saturated carbocycles. The summed E-state index contributed by atoms with van der Waals surface area (Å²) in [5.41, 5.74) is 3.53. The monoisotopic (exact) mass is 263 g/mol. The molecule has 0 fully saturated rings. The molecule has 0 aliphatic carbocycles. The molecule has 1 N–H and O–H groups in total. The van der Waals surface area contributed by atoms with E-state index >= 15 is 0 Å². The lowest BCUT2D eigenvalue weighted by Crippen LogP contribution is -2.19. The molecule has 2 rings (SSSR count). The summed E-state index contributed by atoms with van der Waals surface area (Å²) in [7, 11) is 3.92. The second kappa shape index (κ2) is 5.55. The van der Waals surface area contributed by atoms with Crippen LogP contribution in [0.2, 0.25) is 5.02 Å². The Balaban J connectivity index is 2.22. The fourth-order valence-electron chi connectivity index (χ4n) is 2.23. The van der Waals surface area contributed by atoms with Gasteiger partial charge in [0.25, 0.3) is 0 Å². The van der Waals surface area contributed by atoms with Gasteiger partial charge in [-0.05, 0) is 38.1 Å². The number of nitrogens with one attached hydrogen (secondary N) is 1. The summed E-state index contributed by atoms with van der Waals surface area (Å²) < 4.78 is 1.85. The summed E-state index contributed by atoms with van der Waals surface area (Å²) in [5, 5.41) is 8.52. The zero-order valence-electron chi connectivity index (χ0n) is 10.9. The van der Waals surface area contributed by atoms with Crippen LogP contribution in [-0.4, -0.2) is 16.8 Å². The van der Waals surface area contributed by atoms with Crippen LogP contribution >= 0.6 is 11.6 Å². The van der Waals surface area contributed by atoms with Crippen molar-refractivity contribution in [2.75, 3.05) is 7.05 Å². The minimum Gasteiger partial charge on any atom is -0.313 e. The van der Waals surface area contributed by atoms with Crippen molar-refractivity contribution in [3.05, 3.63) is 52.3 Å². The van der Waals surface area contributed by atoms with Gasteiger partial charge in [0.2, 0.25) is 0 Å². The van der Waals surface area contributed by atoms with Gasteiger partial charge in [0.05, 0.1) is 5.69 Å². The SMILES string of the molecule is CNC(Cc1cccc(Cl)c1)c1cn(C)nc1C. The predicted molar refractivity (Wildman–Crippen MR) is 74.9 cm³/mol. The normalized spacial score (nSPS) is 12.7. The highest BCUT2D eigenvalue weighted by molar-refractivity contribution is 6.30. The van der Waals surface area contributed by atoms with Gasteiger partial charge in [-0.15, -0.1) is 0 Å². The van der Waals surface area contributed by atoms with Crippen LogP contribution < -0.4 is 5.32 Å². The first kappa shape index (κ1) is 13.1. The minimum atomic E-state index is 0.261. The first-order valence-corrected chi connectivity index (χ1v) is 6.40. The molecule has 0 aliphatic rings. The number of benzene rings is 1. The standard InChI is InChI=1S/C14H18ClN3/c1-10-13(9-18(3)17-10)14(16-2)8-11-5-4-6-12(15)7-11/h4-7,9,14,16H,8H2,1-3H3. The largest absolute Gasteiger partial charge is 0.313 e. The molecule has 1 heterocycles. The number of nitrogens with zero attached hydrogens (tertiary/aromatic N) is 2. The van der Waals surface area contributed by atoms with Crippen molar-refractivity contribution in [1.29, 1.82) is 0 Å². The van der Waals surface area contributed by atoms with Crippen LogP contribution in [-0.2, 0) is 13.5 Å². The van der Waals surface area contributed by atoms with Gasteiger partial charge >= 0.3 is 0 Å². The van der Waals surface area contributed by atoms with Gasteiger partial charge in [-0.25, -0.2) is 0 Å². The van der Waals surface area contributed by atoms with E-state index in [0.29, 0.717) is 0 Å². The maximum atomic E-state index is 6.02. The molecule has 1 aromatic carbocycles. The van der Waals surface area contributed by atoms with E-state index < -0.39 is 0 Å². The Morgan fingerprint density at radius 2 is 2.22 bits per heavy atom. The second-order valence-corrected chi connectivity index (χ2v) is 4.96. The highest BCUT2D eigenvalue weighted by atomic mass is 35.5. The molecule has 0 bridgehead atoms. The van der Waals surface area contributed by atoms with Crippen LogP contribution in [0.5, 0.6) is 0 Å². The smallest absolute Gasteiger partial charge is 0.0641 e. The van der Waals surface area contributed by atoms with E-state index in [2.05, 4.69) is 22.7 Å². The lowest BCUT2D eigenvalue weighted by molar-refractivity contribution is 0.588. The van der Waals surface area contributed by atoms with Crippen LogP contribution in [0.1, 0.15) is 22.9 Å². The molecular formula is C14H18ClN3. The molecule has 1 unspecified atom stereocenters. The molecule has 0 radical (unpaired) electrons. The van der Waals surface area contributed by atoms with Crippen LogP contribution in [0.25, 0.3) is 0 Å². The number of hydrogen-bond donors (Lipinski definition) is 1. The first-order valence-electron chi connectivity index (χ1n) is 6.02. The molecule has 1 aromatic heterocycles. The zero-order valence-corrected chi connectivity index (χ0v) is 11.7. The highest BCUT2D eigenvalue weighted by Gasteiger charge is 2.15. The third-order valence-corrected chi connectivity index (χ3v) is 3.34. The number of aromatic nitrogens is 2. The Labute approximate surface area is 113 Å². The molecule has 0 amide bonds. The summed E-state index contributed by atoms with van der Waals surface area (Å²) in [6.45, 7) is 2.04. The van der Waals surface area contributed by atoms with Crippen molar-refractivity contribution in [2.24, 2.45) is 7.05 Å². The molecule has 4 heteroatoms. The molecule has 0 saturated heterocycles. The van der Waals surface area contributed by atoms with Gasteiger partial charge in [-0.2, -0.15) is 5.10 Å². The Kier molecular flexibility index (Phi) is 4.04. The Hall–Kier alpha value is -1.32. The van der Waals surface area contributed by atoms with Crippen molar-refractivity contribution in [3.63, 3.8) is 0 Å². The van der Waals surface area contributed by atoms with E-state index in [9.17, 15) is 0 Å². The molecular weight excluding hydrogens is 246 g/mol. The summed E-state index contributed by atoms with van der Waals surface area (Å²) in [6.07, 6.45) is 2.98. The van der Waals surface area contributed by atoms with Gasteiger partial charge < -0.3 is 5.32 Å². The molecule has 3 nitrogen and oxygen atoms in total. The minimum absolute atomic E-state index is 0.261. The average Bonchev–Trinajstić information content (AvgIpc) is 2.65. The maximum Gasteiger partial charge on any atom is 0.0641 e. The Morgan fingerprint density at radius 1 is 1.44 bits per heavy atom. The maximum absolute atomic E-state index is 6.02. The van der Waals surface area contributed by atoms with Crippen molar-refractivity contribution >= 4 is 11.6 Å². The van der Waals surface area contributed by atoms with Gasteiger partial charge in [-0.1, -0.05) is 23.7 Å². The second-order valence-electron chi connectivity index (χ2n) is 4.52. The van der Waals surface area contributed by atoms with Crippen molar-refractivity contribution in [2.45, 2.75) is 19.4 Å². The third kappa shape index (κ3) is 2.92. The molecule has 2 aromatic rings. The van der Waals surface area contributed by atoms with E-state index in [1.54, 1.807) is 0 Å². The molecule has 1 atom stereocenters. The van der Waals surface area contributed by atoms with Crippen molar-refractivity contribution in [1.82, 2.24) is 15.1 Å². The first-order chi connectivity index (χ1) is 8.60. The lowest BCUT2D eigenvalue weighted by Gasteiger charge is -2.15. The number of hydrogen-bond acceptors (Lipinski definition) is 2. The average molecular weight is 264 g/mol. The molecule has 18 heavy (non-hydrogen) atoms. The van der Waals surface area contributed by atoms with E-state index in [4.69, 9.17) is 11.6 Å². The quantitative estimate of drug-likeness (QED) is 0.919. The lowest BCUT2D eigenvalue weighted by atomic mass is 10.00. The van der Waals surface area contributed by atoms with Gasteiger partial charge in [0, 0.05) is 29.9 Å². The number of aryl methyl sites for hydroxylation is 2. The summed E-state index contributed by atoms with van der Waals surface area (Å²) >= 11 is 6.02. The summed E-state index contributed by atoms with van der Waals surface area (Å²) in [6, 6.07) is 8.26. The van der Waals surface area contributed by atoms with Crippen molar-refractivity contribution < 1.29 is 0 Å². The third-order valence-electron chi connectivity index (χ3n) is 3.10. The van der Waals surface area contributed by atoms with Crippen LogP contribution in [0.3, 0.4) is 0 Å². The molecule has 0 spiro atoms. The van der Waals surface area contributed by atoms with E-state index in [0.717, 1.165) is 17.1 Å².